The smallest absolute Gasteiger partial charge is 0.331 e. The second kappa shape index (κ2) is 11.1. The third-order valence-electron chi connectivity index (χ3n) is 4.37. The van der Waals surface area contributed by atoms with Crippen molar-refractivity contribution in [3.63, 3.8) is 0 Å². The van der Waals surface area contributed by atoms with Gasteiger partial charge in [-0.3, -0.25) is 9.69 Å². The summed E-state index contributed by atoms with van der Waals surface area (Å²) in [6.07, 6.45) is 3.06. The third kappa shape index (κ3) is 6.79. The van der Waals surface area contributed by atoms with Crippen LogP contribution in [-0.4, -0.2) is 23.4 Å². The zero-order valence-electron chi connectivity index (χ0n) is 17.5. The third-order valence-corrected chi connectivity index (χ3v) is 5.28. The van der Waals surface area contributed by atoms with Gasteiger partial charge in [-0.15, -0.1) is 11.3 Å². The first kappa shape index (κ1) is 22.2. The van der Waals surface area contributed by atoms with Crippen molar-refractivity contribution < 1.29 is 19.1 Å². The van der Waals surface area contributed by atoms with Crippen LogP contribution in [0, 0.1) is 0 Å². The van der Waals surface area contributed by atoms with Crippen LogP contribution in [-0.2, 0) is 27.5 Å². The average Bonchev–Trinajstić information content (AvgIpc) is 3.25. The minimum Gasteiger partial charge on any atom is -0.489 e. The Morgan fingerprint density at radius 2 is 1.81 bits per heavy atom. The highest BCUT2D eigenvalue weighted by atomic mass is 32.1. The Hall–Kier alpha value is -3.45. The number of esters is 1. The average molecular weight is 437 g/mol. The van der Waals surface area contributed by atoms with Gasteiger partial charge in [0.1, 0.15) is 19.0 Å². The first-order chi connectivity index (χ1) is 15.0. The molecule has 1 amide bonds. The molecule has 3 aromatic rings. The van der Waals surface area contributed by atoms with E-state index < -0.39 is 5.97 Å². The van der Waals surface area contributed by atoms with Gasteiger partial charge >= 0.3 is 5.97 Å². The van der Waals surface area contributed by atoms with Crippen molar-refractivity contribution in [3.05, 3.63) is 82.9 Å². The molecule has 0 aliphatic heterocycles. The number of hydrogen-bond donors (Lipinski definition) is 0. The molecule has 0 atom stereocenters. The summed E-state index contributed by atoms with van der Waals surface area (Å²) in [5.74, 6) is 0.229. The van der Waals surface area contributed by atoms with E-state index in [2.05, 4.69) is 4.98 Å². The molecule has 160 valence electrons. The van der Waals surface area contributed by atoms with Crippen molar-refractivity contribution in [1.82, 2.24) is 4.98 Å². The van der Waals surface area contributed by atoms with Crippen LogP contribution in [0.2, 0.25) is 0 Å². The number of hydrogen-bond acceptors (Lipinski definition) is 6. The number of rotatable bonds is 9. The quantitative estimate of drug-likeness (QED) is 0.354. The topological polar surface area (TPSA) is 68.7 Å². The van der Waals surface area contributed by atoms with Gasteiger partial charge in [0.15, 0.2) is 5.13 Å². The predicted octanol–water partition coefficient (Wildman–Crippen LogP) is 4.85. The number of amides is 1. The highest BCUT2D eigenvalue weighted by molar-refractivity contribution is 7.14. The molecule has 3 rings (SSSR count). The Bertz CT molecular complexity index is 1030. The van der Waals surface area contributed by atoms with Crippen molar-refractivity contribution in [2.24, 2.45) is 0 Å². The predicted molar refractivity (Wildman–Crippen MR) is 122 cm³/mol. The fourth-order valence-corrected chi connectivity index (χ4v) is 3.67. The summed E-state index contributed by atoms with van der Waals surface area (Å²) in [5.41, 5.74) is 2.58. The van der Waals surface area contributed by atoms with E-state index in [0.717, 1.165) is 16.9 Å². The van der Waals surface area contributed by atoms with Crippen LogP contribution >= 0.6 is 11.3 Å². The Labute approximate surface area is 185 Å². The number of anilines is 1. The fraction of sp³-hybridized carbons (Fsp3) is 0.208. The van der Waals surface area contributed by atoms with E-state index in [4.69, 9.17) is 9.47 Å². The van der Waals surface area contributed by atoms with E-state index in [9.17, 15) is 9.59 Å². The summed E-state index contributed by atoms with van der Waals surface area (Å²) in [6, 6.07) is 17.4. The molecule has 0 spiro atoms. The molecule has 0 saturated carbocycles. The van der Waals surface area contributed by atoms with Crippen molar-refractivity contribution in [2.45, 2.75) is 27.1 Å². The molecule has 0 unspecified atom stereocenters. The lowest BCUT2D eigenvalue weighted by atomic mass is 10.2. The van der Waals surface area contributed by atoms with Gasteiger partial charge in [0.25, 0.3) is 0 Å². The molecule has 0 N–H and O–H groups in total. The van der Waals surface area contributed by atoms with Gasteiger partial charge in [-0.25, -0.2) is 9.78 Å². The van der Waals surface area contributed by atoms with E-state index in [-0.39, 0.29) is 12.5 Å². The second-order valence-electron chi connectivity index (χ2n) is 6.67. The van der Waals surface area contributed by atoms with Gasteiger partial charge in [0, 0.05) is 24.9 Å². The van der Waals surface area contributed by atoms with Crippen LogP contribution in [0.5, 0.6) is 5.75 Å². The van der Waals surface area contributed by atoms with Gasteiger partial charge in [-0.05, 0) is 36.3 Å². The maximum Gasteiger partial charge on any atom is 0.331 e. The van der Waals surface area contributed by atoms with Crippen LogP contribution in [0.4, 0.5) is 5.13 Å². The Morgan fingerprint density at radius 1 is 1.06 bits per heavy atom. The van der Waals surface area contributed by atoms with Crippen LogP contribution in [0.15, 0.2) is 66.1 Å². The lowest BCUT2D eigenvalue weighted by molar-refractivity contribution is -0.139. The lowest BCUT2D eigenvalue weighted by Gasteiger charge is -2.14. The second-order valence-corrected chi connectivity index (χ2v) is 7.51. The molecule has 31 heavy (non-hydrogen) atoms. The molecule has 0 radical (unpaired) electrons. The van der Waals surface area contributed by atoms with Crippen molar-refractivity contribution in [2.75, 3.05) is 11.4 Å². The number of nitrogens with zero attached hydrogens (tertiary/aromatic N) is 2. The van der Waals surface area contributed by atoms with Crippen molar-refractivity contribution in [3.8, 4) is 5.75 Å². The molecule has 7 heteroatoms. The van der Waals surface area contributed by atoms with Crippen molar-refractivity contribution >= 4 is 34.4 Å². The standard InChI is InChI=1S/C24H24N2O4S/c1-3-26(18(2)27)24-25-21(17-31-24)16-30-23(28)14-11-19-9-12-22(13-10-19)29-15-20-7-5-4-6-8-20/h4-14,17H,3,15-16H2,1-2H3/b14-11+. The van der Waals surface area contributed by atoms with Crippen molar-refractivity contribution in [1.29, 1.82) is 0 Å². The molecule has 0 fully saturated rings. The highest BCUT2D eigenvalue weighted by Gasteiger charge is 2.13. The van der Waals surface area contributed by atoms with E-state index in [0.29, 0.717) is 24.0 Å². The molecule has 0 aliphatic carbocycles. The highest BCUT2D eigenvalue weighted by Crippen LogP contribution is 2.21. The van der Waals surface area contributed by atoms with Crippen LogP contribution in [0.1, 0.15) is 30.7 Å². The van der Waals surface area contributed by atoms with E-state index >= 15 is 0 Å². The Morgan fingerprint density at radius 3 is 2.48 bits per heavy atom. The van der Waals surface area contributed by atoms with Crippen LogP contribution < -0.4 is 9.64 Å². The number of aromatic nitrogens is 1. The first-order valence-corrected chi connectivity index (χ1v) is 10.8. The number of carbonyl (C=O) groups excluding carboxylic acids is 2. The molecule has 6 nitrogen and oxygen atoms in total. The molecule has 0 aliphatic rings. The summed E-state index contributed by atoms with van der Waals surface area (Å²) in [7, 11) is 0. The summed E-state index contributed by atoms with van der Waals surface area (Å²) in [6.45, 7) is 4.48. The zero-order chi connectivity index (χ0) is 22.1. The molecular formula is C24H24N2O4S. The summed E-state index contributed by atoms with van der Waals surface area (Å²) in [4.78, 5) is 29.5. The molecule has 2 aromatic carbocycles. The molecule has 0 saturated heterocycles. The Kier molecular flexibility index (Phi) is 7.95. The minimum atomic E-state index is -0.460. The molecule has 0 bridgehead atoms. The normalized spacial score (nSPS) is 10.8. The lowest BCUT2D eigenvalue weighted by Crippen LogP contribution is -2.27. The van der Waals surface area contributed by atoms with Gasteiger partial charge < -0.3 is 9.47 Å². The van der Waals surface area contributed by atoms with E-state index in [1.165, 1.54) is 24.3 Å². The van der Waals surface area contributed by atoms with Gasteiger partial charge in [0.05, 0.1) is 5.69 Å². The summed E-state index contributed by atoms with van der Waals surface area (Å²) in [5, 5.41) is 2.39. The zero-order valence-corrected chi connectivity index (χ0v) is 18.3. The number of carbonyl (C=O) groups is 2. The number of benzene rings is 2. The molecule has 1 aromatic heterocycles. The van der Waals surface area contributed by atoms with Crippen LogP contribution in [0.3, 0.4) is 0 Å². The monoisotopic (exact) mass is 436 g/mol. The van der Waals surface area contributed by atoms with Gasteiger partial charge in [-0.1, -0.05) is 42.5 Å². The minimum absolute atomic E-state index is 0.0569. The van der Waals surface area contributed by atoms with E-state index in [1.54, 1.807) is 16.4 Å². The first-order valence-electron chi connectivity index (χ1n) is 9.89. The van der Waals surface area contributed by atoms with Crippen LogP contribution in [0.25, 0.3) is 6.08 Å². The summed E-state index contributed by atoms with van der Waals surface area (Å²) >= 11 is 1.35. The number of thiazole rings is 1. The number of ether oxygens (including phenoxy) is 2. The molecular weight excluding hydrogens is 412 g/mol. The fourth-order valence-electron chi connectivity index (χ4n) is 2.75. The summed E-state index contributed by atoms with van der Waals surface area (Å²) < 4.78 is 11.0. The van der Waals surface area contributed by atoms with E-state index in [1.807, 2.05) is 61.5 Å². The maximum absolute atomic E-state index is 12.0. The van der Waals surface area contributed by atoms with Gasteiger partial charge in [0.2, 0.25) is 5.91 Å². The molecule has 1 heterocycles. The SMILES string of the molecule is CCN(C(C)=O)c1nc(COC(=O)/C=C/c2ccc(OCc3ccccc3)cc2)cs1. The maximum atomic E-state index is 12.0. The Balaban J connectivity index is 1.46. The van der Waals surface area contributed by atoms with Gasteiger partial charge in [-0.2, -0.15) is 0 Å². The largest absolute Gasteiger partial charge is 0.489 e.